The van der Waals surface area contributed by atoms with Crippen LogP contribution in [0.5, 0.6) is 0 Å². The number of hydrogen-bond acceptors (Lipinski definition) is 7. The van der Waals surface area contributed by atoms with Crippen LogP contribution in [-0.4, -0.2) is 57.3 Å². The van der Waals surface area contributed by atoms with Gasteiger partial charge in [-0.05, 0) is 0 Å². The SMILES string of the molecule is CC(=O)O[C@@H]1OC(O)[C@H](O)[C@H](O)C1O. The fourth-order valence-electron chi connectivity index (χ4n) is 1.09. The van der Waals surface area contributed by atoms with Crippen molar-refractivity contribution in [1.29, 1.82) is 0 Å². The minimum Gasteiger partial charge on any atom is -0.433 e. The quantitative estimate of drug-likeness (QED) is 0.346. The Bertz CT molecular complexity index is 218. The van der Waals surface area contributed by atoms with Crippen molar-refractivity contribution in [2.75, 3.05) is 0 Å². The Morgan fingerprint density at radius 3 is 2.21 bits per heavy atom. The van der Waals surface area contributed by atoms with E-state index in [1.807, 2.05) is 0 Å². The van der Waals surface area contributed by atoms with Gasteiger partial charge >= 0.3 is 5.97 Å². The van der Waals surface area contributed by atoms with Gasteiger partial charge in [-0.1, -0.05) is 0 Å². The van der Waals surface area contributed by atoms with Crippen molar-refractivity contribution in [3.05, 3.63) is 0 Å². The molecule has 1 aliphatic heterocycles. The highest BCUT2D eigenvalue weighted by molar-refractivity contribution is 5.66. The summed E-state index contributed by atoms with van der Waals surface area (Å²) in [5, 5.41) is 36.5. The number of carbonyl (C=O) groups is 1. The summed E-state index contributed by atoms with van der Waals surface area (Å²) in [7, 11) is 0. The third kappa shape index (κ3) is 2.20. The zero-order chi connectivity index (χ0) is 10.9. The molecule has 82 valence electrons. The summed E-state index contributed by atoms with van der Waals surface area (Å²) in [6, 6.07) is 0. The summed E-state index contributed by atoms with van der Waals surface area (Å²) in [5.74, 6) is -0.732. The van der Waals surface area contributed by atoms with E-state index < -0.39 is 36.9 Å². The van der Waals surface area contributed by atoms with E-state index in [2.05, 4.69) is 9.47 Å². The standard InChI is InChI=1S/C7H12O7/c1-2(8)13-7-5(11)3(9)4(10)6(12)14-7/h3-7,9-12H,1H3/t3-,4+,5?,6?,7+/m0/s1. The van der Waals surface area contributed by atoms with Gasteiger partial charge in [-0.2, -0.15) is 0 Å². The number of carbonyl (C=O) groups excluding carboxylic acids is 1. The van der Waals surface area contributed by atoms with Crippen LogP contribution in [0.25, 0.3) is 0 Å². The van der Waals surface area contributed by atoms with Gasteiger partial charge in [-0.15, -0.1) is 0 Å². The molecule has 1 rings (SSSR count). The molecule has 0 spiro atoms. The van der Waals surface area contributed by atoms with Crippen LogP contribution in [0.3, 0.4) is 0 Å². The Morgan fingerprint density at radius 2 is 1.71 bits per heavy atom. The first-order chi connectivity index (χ1) is 6.43. The van der Waals surface area contributed by atoms with Crippen LogP contribution in [0.1, 0.15) is 6.92 Å². The van der Waals surface area contributed by atoms with E-state index in [4.69, 9.17) is 15.3 Å². The molecule has 5 atom stereocenters. The highest BCUT2D eigenvalue weighted by Crippen LogP contribution is 2.20. The maximum Gasteiger partial charge on any atom is 0.305 e. The first-order valence-electron chi connectivity index (χ1n) is 3.98. The lowest BCUT2D eigenvalue weighted by Gasteiger charge is -2.37. The molecule has 1 heterocycles. The second kappa shape index (κ2) is 4.20. The summed E-state index contributed by atoms with van der Waals surface area (Å²) in [6.07, 6.45) is -8.00. The van der Waals surface area contributed by atoms with Gasteiger partial charge in [-0.25, -0.2) is 0 Å². The van der Waals surface area contributed by atoms with Crippen molar-refractivity contribution < 1.29 is 34.7 Å². The third-order valence-electron chi connectivity index (χ3n) is 1.83. The van der Waals surface area contributed by atoms with Gasteiger partial charge in [0, 0.05) is 6.92 Å². The van der Waals surface area contributed by atoms with Crippen molar-refractivity contribution in [2.45, 2.75) is 37.8 Å². The molecule has 14 heavy (non-hydrogen) atoms. The Balaban J connectivity index is 2.65. The van der Waals surface area contributed by atoms with E-state index >= 15 is 0 Å². The van der Waals surface area contributed by atoms with Gasteiger partial charge in [-0.3, -0.25) is 4.79 Å². The molecule has 0 radical (unpaired) electrons. The molecule has 0 aromatic rings. The van der Waals surface area contributed by atoms with Crippen LogP contribution < -0.4 is 0 Å². The number of rotatable bonds is 1. The van der Waals surface area contributed by atoms with E-state index in [0.717, 1.165) is 6.92 Å². The Hall–Kier alpha value is -0.730. The lowest BCUT2D eigenvalue weighted by Crippen LogP contribution is -2.58. The molecule has 0 aliphatic carbocycles. The molecule has 7 heteroatoms. The first kappa shape index (κ1) is 11.3. The van der Waals surface area contributed by atoms with E-state index in [9.17, 15) is 9.90 Å². The van der Waals surface area contributed by atoms with Crippen molar-refractivity contribution in [3.63, 3.8) is 0 Å². The molecule has 0 bridgehead atoms. The van der Waals surface area contributed by atoms with Gasteiger partial charge < -0.3 is 29.9 Å². The minimum atomic E-state index is -1.70. The average molecular weight is 208 g/mol. The summed E-state index contributed by atoms with van der Waals surface area (Å²) in [4.78, 5) is 10.5. The number of esters is 1. The Morgan fingerprint density at radius 1 is 1.14 bits per heavy atom. The monoisotopic (exact) mass is 208 g/mol. The molecular formula is C7H12O7. The second-order valence-corrected chi connectivity index (χ2v) is 2.98. The lowest BCUT2D eigenvalue weighted by molar-refractivity contribution is -0.331. The fourth-order valence-corrected chi connectivity index (χ4v) is 1.09. The zero-order valence-electron chi connectivity index (χ0n) is 7.40. The summed E-state index contributed by atoms with van der Waals surface area (Å²) in [5.41, 5.74) is 0. The maximum atomic E-state index is 10.5. The van der Waals surface area contributed by atoms with Gasteiger partial charge in [0.05, 0.1) is 0 Å². The van der Waals surface area contributed by atoms with Crippen molar-refractivity contribution in [1.82, 2.24) is 0 Å². The van der Waals surface area contributed by atoms with E-state index in [1.165, 1.54) is 0 Å². The smallest absolute Gasteiger partial charge is 0.305 e. The van der Waals surface area contributed by atoms with Crippen molar-refractivity contribution >= 4 is 5.97 Å². The van der Waals surface area contributed by atoms with Gasteiger partial charge in [0.15, 0.2) is 6.29 Å². The van der Waals surface area contributed by atoms with E-state index in [0.29, 0.717) is 0 Å². The molecule has 2 unspecified atom stereocenters. The number of hydrogen-bond donors (Lipinski definition) is 4. The molecular weight excluding hydrogens is 196 g/mol. The Kier molecular flexibility index (Phi) is 3.40. The molecule has 7 nitrogen and oxygen atoms in total. The van der Waals surface area contributed by atoms with Crippen LogP contribution in [0.15, 0.2) is 0 Å². The van der Waals surface area contributed by atoms with Gasteiger partial charge in [0.1, 0.15) is 18.3 Å². The molecule has 1 fully saturated rings. The lowest BCUT2D eigenvalue weighted by atomic mass is 10.0. The maximum absolute atomic E-state index is 10.5. The topological polar surface area (TPSA) is 116 Å². The molecule has 0 aromatic carbocycles. The van der Waals surface area contributed by atoms with Gasteiger partial charge in [0.25, 0.3) is 0 Å². The fraction of sp³-hybridized carbons (Fsp3) is 0.857. The highest BCUT2D eigenvalue weighted by atomic mass is 16.8. The van der Waals surface area contributed by atoms with E-state index in [1.54, 1.807) is 0 Å². The first-order valence-corrected chi connectivity index (χ1v) is 3.98. The Labute approximate surface area is 79.5 Å². The van der Waals surface area contributed by atoms with Crippen LogP contribution in [0.4, 0.5) is 0 Å². The molecule has 4 N–H and O–H groups in total. The summed E-state index contributed by atoms with van der Waals surface area (Å²) >= 11 is 0. The molecule has 1 saturated heterocycles. The predicted molar refractivity (Wildman–Crippen MR) is 40.7 cm³/mol. The largest absolute Gasteiger partial charge is 0.433 e. The zero-order valence-corrected chi connectivity index (χ0v) is 7.40. The molecule has 1 aliphatic rings. The third-order valence-corrected chi connectivity index (χ3v) is 1.83. The normalized spacial score (nSPS) is 43.4. The van der Waals surface area contributed by atoms with E-state index in [-0.39, 0.29) is 0 Å². The highest BCUT2D eigenvalue weighted by Gasteiger charge is 2.44. The average Bonchev–Trinajstić information content (AvgIpc) is 2.10. The molecule has 0 aromatic heterocycles. The summed E-state index contributed by atoms with van der Waals surface area (Å²) < 4.78 is 8.99. The van der Waals surface area contributed by atoms with Crippen LogP contribution in [0.2, 0.25) is 0 Å². The predicted octanol–water partition coefficient (Wildman–Crippen LogP) is -2.69. The number of aliphatic hydroxyl groups excluding tert-OH is 4. The van der Waals surface area contributed by atoms with Gasteiger partial charge in [0.2, 0.25) is 6.29 Å². The number of ether oxygens (including phenoxy) is 2. The number of aliphatic hydroxyl groups is 4. The minimum absolute atomic E-state index is 0.732. The van der Waals surface area contributed by atoms with Crippen LogP contribution in [-0.2, 0) is 14.3 Å². The van der Waals surface area contributed by atoms with Crippen LogP contribution in [0, 0.1) is 0 Å². The van der Waals surface area contributed by atoms with Crippen molar-refractivity contribution in [2.24, 2.45) is 0 Å². The summed E-state index contributed by atoms with van der Waals surface area (Å²) in [6.45, 7) is 1.08. The van der Waals surface area contributed by atoms with Crippen LogP contribution >= 0.6 is 0 Å². The second-order valence-electron chi connectivity index (χ2n) is 2.98. The molecule has 0 saturated carbocycles. The van der Waals surface area contributed by atoms with Crippen molar-refractivity contribution in [3.8, 4) is 0 Å². The molecule has 0 amide bonds.